The molecule has 3 heterocycles. The lowest BCUT2D eigenvalue weighted by Crippen LogP contribution is -2.38. The Morgan fingerprint density at radius 1 is 1.14 bits per heavy atom. The summed E-state index contributed by atoms with van der Waals surface area (Å²) < 4.78 is 9.21. The number of hydrogen-bond acceptors (Lipinski definition) is 3. The average Bonchev–Trinajstić information content (AvgIpc) is 3.22. The minimum Gasteiger partial charge on any atom is -0.379 e. The molecule has 2 aromatic heterocycles. The molecule has 0 aliphatic carbocycles. The number of amides is 1. The van der Waals surface area contributed by atoms with E-state index in [0.717, 1.165) is 56.0 Å². The maximum Gasteiger partial charge on any atom is 0.272 e. The molecule has 0 radical (unpaired) electrons. The van der Waals surface area contributed by atoms with Crippen LogP contribution in [0.25, 0.3) is 10.9 Å². The molecule has 0 unspecified atom stereocenters. The summed E-state index contributed by atoms with van der Waals surface area (Å²) in [5.74, 6) is -0.248. The molecule has 1 aliphatic rings. The minimum absolute atomic E-state index is 0.248. The van der Waals surface area contributed by atoms with Gasteiger partial charge in [-0.15, -0.1) is 0 Å². The van der Waals surface area contributed by atoms with E-state index in [1.807, 2.05) is 18.2 Å². The second kappa shape index (κ2) is 8.17. The predicted molar refractivity (Wildman–Crippen MR) is 113 cm³/mol. The van der Waals surface area contributed by atoms with Crippen molar-refractivity contribution < 1.29 is 9.53 Å². The van der Waals surface area contributed by atoms with Crippen LogP contribution in [0.4, 0.5) is 5.69 Å². The van der Waals surface area contributed by atoms with Crippen molar-refractivity contribution in [2.75, 3.05) is 38.2 Å². The zero-order valence-corrected chi connectivity index (χ0v) is 17.1. The van der Waals surface area contributed by atoms with Crippen LogP contribution in [0.5, 0.6) is 0 Å². The minimum atomic E-state index is -0.248. The Balaban J connectivity index is 1.46. The van der Waals surface area contributed by atoms with Crippen molar-refractivity contribution >= 4 is 45.7 Å². The van der Waals surface area contributed by atoms with Crippen LogP contribution in [-0.2, 0) is 18.3 Å². The van der Waals surface area contributed by atoms with Crippen LogP contribution >= 0.6 is 23.2 Å². The van der Waals surface area contributed by atoms with Crippen molar-refractivity contribution in [3.63, 3.8) is 0 Å². The number of halogens is 2. The fourth-order valence-corrected chi connectivity index (χ4v) is 3.88. The van der Waals surface area contributed by atoms with Crippen LogP contribution in [0.15, 0.2) is 36.5 Å². The monoisotopic (exact) mass is 420 g/mol. The van der Waals surface area contributed by atoms with E-state index in [0.29, 0.717) is 15.9 Å². The quantitative estimate of drug-likeness (QED) is 0.681. The fourth-order valence-electron chi connectivity index (χ4n) is 3.50. The van der Waals surface area contributed by atoms with Gasteiger partial charge in [0.05, 0.1) is 18.2 Å². The number of anilines is 1. The molecule has 3 aromatic rings. The van der Waals surface area contributed by atoms with E-state index in [9.17, 15) is 4.79 Å². The highest BCUT2D eigenvalue weighted by Gasteiger charge is 2.16. The lowest BCUT2D eigenvalue weighted by atomic mass is 10.2. The molecule has 6 nitrogen and oxygen atoms in total. The summed E-state index contributed by atoms with van der Waals surface area (Å²) in [5.41, 5.74) is 2.30. The van der Waals surface area contributed by atoms with Crippen LogP contribution < -0.4 is 5.32 Å². The summed E-state index contributed by atoms with van der Waals surface area (Å²) in [4.78, 5) is 15.0. The van der Waals surface area contributed by atoms with E-state index in [1.165, 1.54) is 0 Å². The number of benzene rings is 1. The van der Waals surface area contributed by atoms with Crippen molar-refractivity contribution in [1.82, 2.24) is 14.0 Å². The number of rotatable bonds is 5. The van der Waals surface area contributed by atoms with Gasteiger partial charge in [0, 0.05) is 56.0 Å². The van der Waals surface area contributed by atoms with Gasteiger partial charge in [0.15, 0.2) is 0 Å². The summed E-state index contributed by atoms with van der Waals surface area (Å²) >= 11 is 12.1. The number of ether oxygens (including phenoxy) is 1. The molecule has 4 rings (SSSR count). The highest BCUT2D eigenvalue weighted by Crippen LogP contribution is 2.26. The molecule has 28 heavy (non-hydrogen) atoms. The number of carbonyl (C=O) groups is 1. The Morgan fingerprint density at radius 2 is 1.93 bits per heavy atom. The predicted octanol–water partition coefficient (Wildman–Crippen LogP) is 3.87. The Labute approximate surface area is 173 Å². The Kier molecular flexibility index (Phi) is 5.64. The van der Waals surface area contributed by atoms with Crippen LogP contribution in [0.1, 0.15) is 10.5 Å². The normalized spacial score (nSPS) is 15.2. The molecule has 0 saturated carbocycles. The molecule has 0 bridgehead atoms. The van der Waals surface area contributed by atoms with Gasteiger partial charge in [-0.05, 0) is 30.3 Å². The summed E-state index contributed by atoms with van der Waals surface area (Å²) in [6, 6.07) is 9.57. The lowest BCUT2D eigenvalue weighted by molar-refractivity contribution is 0.0365. The lowest BCUT2D eigenvalue weighted by Gasteiger charge is -2.26. The third-order valence-corrected chi connectivity index (χ3v) is 5.98. The number of nitrogens with zero attached hydrogens (tertiary/aromatic N) is 3. The van der Waals surface area contributed by atoms with Crippen LogP contribution in [0, 0.1) is 0 Å². The Hall–Kier alpha value is -1.99. The number of hydrogen-bond donors (Lipinski definition) is 1. The van der Waals surface area contributed by atoms with Gasteiger partial charge >= 0.3 is 0 Å². The largest absolute Gasteiger partial charge is 0.379 e. The first-order valence-electron chi connectivity index (χ1n) is 9.24. The van der Waals surface area contributed by atoms with Crippen LogP contribution in [0.3, 0.4) is 0 Å². The van der Waals surface area contributed by atoms with Gasteiger partial charge in [0.2, 0.25) is 0 Å². The first-order valence-corrected chi connectivity index (χ1v) is 9.99. The van der Waals surface area contributed by atoms with E-state index in [1.54, 1.807) is 17.7 Å². The van der Waals surface area contributed by atoms with Crippen LogP contribution in [0.2, 0.25) is 10.2 Å². The topological polar surface area (TPSA) is 51.4 Å². The number of fused-ring (bicyclic) bond motifs is 1. The molecule has 1 fully saturated rings. The summed E-state index contributed by atoms with van der Waals surface area (Å²) in [5, 5.41) is 4.71. The fraction of sp³-hybridized carbons (Fsp3) is 0.350. The molecule has 1 aromatic carbocycles. The Morgan fingerprint density at radius 3 is 2.64 bits per heavy atom. The molecule has 1 aliphatic heterocycles. The average molecular weight is 421 g/mol. The summed E-state index contributed by atoms with van der Waals surface area (Å²) in [6.45, 7) is 5.53. The molecule has 8 heteroatoms. The second-order valence-corrected chi connectivity index (χ2v) is 7.68. The van der Waals surface area contributed by atoms with Crippen molar-refractivity contribution in [1.29, 1.82) is 0 Å². The zero-order chi connectivity index (χ0) is 19.7. The zero-order valence-electron chi connectivity index (χ0n) is 15.6. The Bertz CT molecular complexity index is 1010. The third kappa shape index (κ3) is 3.91. The van der Waals surface area contributed by atoms with Gasteiger partial charge < -0.3 is 19.2 Å². The molecular formula is C20H22Cl2N4O2. The van der Waals surface area contributed by atoms with Gasteiger partial charge in [-0.2, -0.15) is 0 Å². The molecule has 0 atom stereocenters. The van der Waals surface area contributed by atoms with Crippen molar-refractivity contribution in [3.05, 3.63) is 52.4 Å². The van der Waals surface area contributed by atoms with E-state index in [2.05, 4.69) is 27.0 Å². The summed E-state index contributed by atoms with van der Waals surface area (Å²) in [6.07, 6.45) is 2.09. The SMILES string of the molecule is Cn1c(C(=O)Nc2ccc3c(ccn3CCN3CCOCC3)c2)cc(Cl)c1Cl. The van der Waals surface area contributed by atoms with E-state index >= 15 is 0 Å². The molecular weight excluding hydrogens is 399 g/mol. The van der Waals surface area contributed by atoms with Gasteiger partial charge in [0.1, 0.15) is 10.8 Å². The van der Waals surface area contributed by atoms with Crippen LogP contribution in [-0.4, -0.2) is 52.8 Å². The van der Waals surface area contributed by atoms with Gasteiger partial charge in [-0.1, -0.05) is 23.2 Å². The van der Waals surface area contributed by atoms with E-state index in [-0.39, 0.29) is 5.91 Å². The smallest absolute Gasteiger partial charge is 0.272 e. The molecule has 148 valence electrons. The van der Waals surface area contributed by atoms with Crippen molar-refractivity contribution in [3.8, 4) is 0 Å². The molecule has 1 N–H and O–H groups in total. The number of carbonyl (C=O) groups excluding carboxylic acids is 1. The number of nitrogens with one attached hydrogen (secondary N) is 1. The molecule has 1 saturated heterocycles. The van der Waals surface area contributed by atoms with Crippen molar-refractivity contribution in [2.24, 2.45) is 7.05 Å². The van der Waals surface area contributed by atoms with E-state index in [4.69, 9.17) is 27.9 Å². The van der Waals surface area contributed by atoms with Gasteiger partial charge in [-0.25, -0.2) is 0 Å². The standard InChI is InChI=1S/C20H22Cl2N4O2/c1-24-18(13-16(21)19(24)22)20(27)23-15-2-3-17-14(12-15)4-5-26(17)7-6-25-8-10-28-11-9-25/h2-5,12-13H,6-11H2,1H3,(H,23,27). The molecule has 1 amide bonds. The number of morpholine rings is 1. The maximum atomic E-state index is 12.5. The number of aromatic nitrogens is 2. The highest BCUT2D eigenvalue weighted by molar-refractivity contribution is 6.42. The summed E-state index contributed by atoms with van der Waals surface area (Å²) in [7, 11) is 1.71. The second-order valence-electron chi connectivity index (χ2n) is 6.92. The third-order valence-electron chi connectivity index (χ3n) is 5.14. The van der Waals surface area contributed by atoms with Crippen molar-refractivity contribution in [2.45, 2.75) is 6.54 Å². The molecule has 0 spiro atoms. The maximum absolute atomic E-state index is 12.5. The highest BCUT2D eigenvalue weighted by atomic mass is 35.5. The first kappa shape index (κ1) is 19.3. The van der Waals surface area contributed by atoms with Gasteiger partial charge in [0.25, 0.3) is 5.91 Å². The van der Waals surface area contributed by atoms with Gasteiger partial charge in [-0.3, -0.25) is 9.69 Å². The van der Waals surface area contributed by atoms with E-state index < -0.39 is 0 Å². The first-order chi connectivity index (χ1) is 13.5.